The van der Waals surface area contributed by atoms with E-state index in [0.29, 0.717) is 0 Å². The van der Waals surface area contributed by atoms with E-state index in [2.05, 4.69) is 23.7 Å². The number of allylic oxidation sites excluding steroid dienone is 2. The van der Waals surface area contributed by atoms with Gasteiger partial charge in [-0.1, -0.05) is 33.7 Å². The summed E-state index contributed by atoms with van der Waals surface area (Å²) in [5, 5.41) is 4.12. The van der Waals surface area contributed by atoms with Gasteiger partial charge >= 0.3 is 0 Å². The largest absolute Gasteiger partial charge is 0.124 e. The molecule has 0 saturated carbocycles. The molecule has 0 N–H and O–H groups in total. The molecule has 8 heavy (non-hydrogen) atoms. The zero-order valence-corrected chi connectivity index (χ0v) is 5.91. The highest BCUT2D eigenvalue weighted by atomic mass is 33.1. The van der Waals surface area contributed by atoms with Crippen LogP contribution in [-0.4, -0.2) is 0 Å². The van der Waals surface area contributed by atoms with Gasteiger partial charge in [-0.2, -0.15) is 0 Å². The molecule has 0 unspecified atom stereocenters. The van der Waals surface area contributed by atoms with E-state index in [1.54, 1.807) is 21.6 Å². The molecular weight excluding hydrogens is 136 g/mol. The standard InChI is InChI=1S/C4H4S2.C2H2/c1-2-4-6-5-3-1;1-2/h1-4H;1-2H. The van der Waals surface area contributed by atoms with Crippen LogP contribution in [0.3, 0.4) is 0 Å². The summed E-state index contributed by atoms with van der Waals surface area (Å²) in [6, 6.07) is 0. The van der Waals surface area contributed by atoms with E-state index in [1.165, 1.54) is 0 Å². The summed E-state index contributed by atoms with van der Waals surface area (Å²) in [5.74, 6) is 0. The average Bonchev–Trinajstić information content (AvgIpc) is 1.96. The Morgan fingerprint density at radius 2 is 1.25 bits per heavy atom. The highest BCUT2D eigenvalue weighted by Gasteiger charge is 1.78. The summed E-state index contributed by atoms with van der Waals surface area (Å²) >= 11 is 0. The topological polar surface area (TPSA) is 0 Å². The van der Waals surface area contributed by atoms with E-state index in [4.69, 9.17) is 0 Å². The predicted octanol–water partition coefficient (Wildman–Crippen LogP) is 2.66. The Bertz CT molecular complexity index is 98.9. The van der Waals surface area contributed by atoms with Crippen LogP contribution in [0.1, 0.15) is 0 Å². The van der Waals surface area contributed by atoms with Gasteiger partial charge in [0.25, 0.3) is 0 Å². The lowest BCUT2D eigenvalue weighted by atomic mass is 10.6. The van der Waals surface area contributed by atoms with Crippen molar-refractivity contribution in [2.24, 2.45) is 0 Å². The Balaban J connectivity index is 0.000000222. The van der Waals surface area contributed by atoms with Crippen LogP contribution in [0.5, 0.6) is 0 Å². The van der Waals surface area contributed by atoms with Crippen molar-refractivity contribution in [3.8, 4) is 12.8 Å². The summed E-state index contributed by atoms with van der Waals surface area (Å²) in [5.41, 5.74) is 0. The second-order valence-corrected chi connectivity index (χ2v) is 2.93. The molecule has 0 aromatic carbocycles. The molecule has 1 aliphatic heterocycles. The molecule has 1 rings (SSSR count). The summed E-state index contributed by atoms with van der Waals surface area (Å²) in [6.45, 7) is 0. The summed E-state index contributed by atoms with van der Waals surface area (Å²) in [7, 11) is 3.49. The first-order chi connectivity index (χ1) is 4.00. The zero-order valence-electron chi connectivity index (χ0n) is 4.28. The van der Waals surface area contributed by atoms with Gasteiger partial charge in [0.2, 0.25) is 0 Å². The van der Waals surface area contributed by atoms with Crippen molar-refractivity contribution >= 4 is 21.6 Å². The quantitative estimate of drug-likeness (QED) is 0.377. The maximum absolute atomic E-state index is 4.00. The van der Waals surface area contributed by atoms with Gasteiger partial charge in [-0.25, -0.2) is 0 Å². The molecule has 0 radical (unpaired) electrons. The van der Waals surface area contributed by atoms with Crippen LogP contribution < -0.4 is 0 Å². The molecule has 0 bridgehead atoms. The van der Waals surface area contributed by atoms with Crippen molar-refractivity contribution in [2.45, 2.75) is 0 Å². The van der Waals surface area contributed by atoms with Gasteiger partial charge in [-0.3, -0.25) is 0 Å². The molecule has 2 heteroatoms. The van der Waals surface area contributed by atoms with Crippen molar-refractivity contribution < 1.29 is 0 Å². The molecule has 0 atom stereocenters. The second-order valence-electron chi connectivity index (χ2n) is 0.850. The van der Waals surface area contributed by atoms with Gasteiger partial charge < -0.3 is 0 Å². The van der Waals surface area contributed by atoms with Crippen LogP contribution in [0.2, 0.25) is 0 Å². The Kier molecular flexibility index (Phi) is 6.52. The van der Waals surface area contributed by atoms with E-state index in [-0.39, 0.29) is 0 Å². The molecule has 0 fully saturated rings. The fourth-order valence-electron chi connectivity index (χ4n) is 0.219. The molecule has 0 spiro atoms. The Hall–Kier alpha value is -0.260. The Morgan fingerprint density at radius 3 is 1.38 bits per heavy atom. The number of terminal acetylenes is 1. The third-order valence-corrected chi connectivity index (χ3v) is 2.08. The maximum Gasteiger partial charge on any atom is -0.0178 e. The van der Waals surface area contributed by atoms with Crippen molar-refractivity contribution in [2.75, 3.05) is 0 Å². The predicted molar refractivity (Wildman–Crippen MR) is 43.4 cm³/mol. The highest BCUT2D eigenvalue weighted by molar-refractivity contribution is 8.79. The van der Waals surface area contributed by atoms with Crippen LogP contribution in [0.4, 0.5) is 0 Å². The van der Waals surface area contributed by atoms with E-state index < -0.39 is 0 Å². The van der Waals surface area contributed by atoms with Crippen LogP contribution in [0, 0.1) is 12.8 Å². The molecule has 0 nitrogen and oxygen atoms in total. The lowest BCUT2D eigenvalue weighted by molar-refractivity contribution is 2.10. The number of rotatable bonds is 0. The Labute approximate surface area is 57.8 Å². The molecular formula is C6H6S2. The third-order valence-electron chi connectivity index (χ3n) is 0.435. The first kappa shape index (κ1) is 7.74. The van der Waals surface area contributed by atoms with E-state index in [1.807, 2.05) is 12.2 Å². The monoisotopic (exact) mass is 142 g/mol. The van der Waals surface area contributed by atoms with Crippen LogP contribution >= 0.6 is 21.6 Å². The minimum absolute atomic E-state index is 1.74. The molecule has 0 aliphatic carbocycles. The lowest BCUT2D eigenvalue weighted by Gasteiger charge is -1.87. The maximum atomic E-state index is 4.00. The lowest BCUT2D eigenvalue weighted by Crippen LogP contribution is -1.49. The van der Waals surface area contributed by atoms with E-state index in [9.17, 15) is 0 Å². The molecule has 0 saturated heterocycles. The van der Waals surface area contributed by atoms with Crippen LogP contribution in [-0.2, 0) is 0 Å². The van der Waals surface area contributed by atoms with Crippen LogP contribution in [0.15, 0.2) is 23.0 Å². The van der Waals surface area contributed by atoms with Gasteiger partial charge in [0.1, 0.15) is 0 Å². The van der Waals surface area contributed by atoms with Crippen molar-refractivity contribution in [3.05, 3.63) is 23.0 Å². The van der Waals surface area contributed by atoms with Gasteiger partial charge in [0.05, 0.1) is 0 Å². The number of hydrogen-bond acceptors (Lipinski definition) is 2. The Morgan fingerprint density at radius 1 is 0.875 bits per heavy atom. The second kappa shape index (κ2) is 6.74. The van der Waals surface area contributed by atoms with E-state index >= 15 is 0 Å². The third kappa shape index (κ3) is 3.91. The molecule has 1 aliphatic rings. The highest BCUT2D eigenvalue weighted by Crippen LogP contribution is 2.26. The first-order valence-electron chi connectivity index (χ1n) is 1.97. The van der Waals surface area contributed by atoms with Crippen molar-refractivity contribution in [1.29, 1.82) is 0 Å². The smallest absolute Gasteiger partial charge is 0.0178 e. The molecule has 0 amide bonds. The molecule has 1 heterocycles. The fraction of sp³-hybridized carbons (Fsp3) is 0. The molecule has 0 aromatic heterocycles. The molecule has 42 valence electrons. The average molecular weight is 142 g/mol. The zero-order chi connectivity index (χ0) is 6.24. The van der Waals surface area contributed by atoms with Crippen LogP contribution in [0.25, 0.3) is 0 Å². The molecule has 0 aromatic rings. The van der Waals surface area contributed by atoms with Gasteiger partial charge in [-0.15, -0.1) is 12.8 Å². The SMILES string of the molecule is C#C.C1=CSSC=C1. The number of hydrogen-bond donors (Lipinski definition) is 0. The summed E-state index contributed by atoms with van der Waals surface area (Å²) < 4.78 is 0. The summed E-state index contributed by atoms with van der Waals surface area (Å²) in [6.07, 6.45) is 12.1. The first-order valence-corrected chi connectivity index (χ1v) is 4.25. The van der Waals surface area contributed by atoms with Crippen molar-refractivity contribution in [3.63, 3.8) is 0 Å². The normalized spacial score (nSPS) is 14.2. The fourth-order valence-corrected chi connectivity index (χ4v) is 1.43. The minimum Gasteiger partial charge on any atom is -0.124 e. The van der Waals surface area contributed by atoms with Gasteiger partial charge in [-0.05, 0) is 10.8 Å². The van der Waals surface area contributed by atoms with Gasteiger partial charge in [0, 0.05) is 0 Å². The minimum atomic E-state index is 1.74. The summed E-state index contributed by atoms with van der Waals surface area (Å²) in [4.78, 5) is 0. The van der Waals surface area contributed by atoms with Gasteiger partial charge in [0.15, 0.2) is 0 Å². The van der Waals surface area contributed by atoms with Crippen molar-refractivity contribution in [1.82, 2.24) is 0 Å². The van der Waals surface area contributed by atoms with E-state index in [0.717, 1.165) is 0 Å².